The molecular formula is C17H21N3O. The second kappa shape index (κ2) is 6.90. The number of amides is 1. The van der Waals surface area contributed by atoms with Crippen molar-refractivity contribution in [1.29, 1.82) is 0 Å². The maximum Gasteiger partial charge on any atom is 0.241 e. The average molecular weight is 283 g/mol. The third-order valence-corrected chi connectivity index (χ3v) is 3.29. The first kappa shape index (κ1) is 15.1. The van der Waals surface area contributed by atoms with E-state index in [0.717, 1.165) is 16.9 Å². The average Bonchev–Trinajstić information content (AvgIpc) is 2.48. The number of nitrogens with zero attached hydrogens (tertiary/aromatic N) is 1. The van der Waals surface area contributed by atoms with Gasteiger partial charge in [-0.1, -0.05) is 30.3 Å². The summed E-state index contributed by atoms with van der Waals surface area (Å²) in [6, 6.07) is 16.9. The minimum absolute atomic E-state index is 0.170. The summed E-state index contributed by atoms with van der Waals surface area (Å²) in [6.45, 7) is 0. The van der Waals surface area contributed by atoms with Gasteiger partial charge in [0.25, 0.3) is 0 Å². The molecule has 2 rings (SSSR count). The van der Waals surface area contributed by atoms with Crippen molar-refractivity contribution in [3.05, 3.63) is 60.2 Å². The number of hydrogen-bond donors (Lipinski definition) is 2. The molecular weight excluding hydrogens is 262 g/mol. The minimum atomic E-state index is -0.555. The molecule has 3 N–H and O–H groups in total. The Labute approximate surface area is 125 Å². The highest BCUT2D eigenvalue weighted by Gasteiger charge is 2.14. The lowest BCUT2D eigenvalue weighted by Crippen LogP contribution is -2.37. The van der Waals surface area contributed by atoms with Gasteiger partial charge in [-0.3, -0.25) is 4.79 Å². The van der Waals surface area contributed by atoms with Crippen LogP contribution in [0, 0.1) is 0 Å². The molecule has 0 aliphatic carbocycles. The van der Waals surface area contributed by atoms with E-state index in [4.69, 9.17) is 5.73 Å². The monoisotopic (exact) mass is 283 g/mol. The lowest BCUT2D eigenvalue weighted by Gasteiger charge is -2.15. The van der Waals surface area contributed by atoms with E-state index >= 15 is 0 Å². The third-order valence-electron chi connectivity index (χ3n) is 3.29. The maximum atomic E-state index is 12.1. The van der Waals surface area contributed by atoms with Crippen LogP contribution in [-0.2, 0) is 11.2 Å². The van der Waals surface area contributed by atoms with Crippen molar-refractivity contribution in [2.45, 2.75) is 12.5 Å². The zero-order valence-electron chi connectivity index (χ0n) is 12.4. The van der Waals surface area contributed by atoms with Gasteiger partial charge < -0.3 is 16.0 Å². The van der Waals surface area contributed by atoms with Crippen molar-refractivity contribution in [3.63, 3.8) is 0 Å². The van der Waals surface area contributed by atoms with Crippen molar-refractivity contribution in [2.24, 2.45) is 5.73 Å². The summed E-state index contributed by atoms with van der Waals surface area (Å²) in [6.07, 6.45) is 0.530. The van der Waals surface area contributed by atoms with Crippen LogP contribution in [0.15, 0.2) is 54.6 Å². The number of hydrogen-bond acceptors (Lipinski definition) is 3. The molecule has 0 aromatic heterocycles. The van der Waals surface area contributed by atoms with Gasteiger partial charge in [0.2, 0.25) is 5.91 Å². The van der Waals surface area contributed by atoms with E-state index < -0.39 is 6.04 Å². The fourth-order valence-corrected chi connectivity index (χ4v) is 2.04. The second-order valence-electron chi connectivity index (χ2n) is 5.23. The van der Waals surface area contributed by atoms with Crippen molar-refractivity contribution in [2.75, 3.05) is 24.3 Å². The topological polar surface area (TPSA) is 58.4 Å². The predicted molar refractivity (Wildman–Crippen MR) is 87.5 cm³/mol. The number of anilines is 2. The molecule has 0 saturated heterocycles. The van der Waals surface area contributed by atoms with Gasteiger partial charge in [0.1, 0.15) is 0 Å². The molecule has 0 saturated carbocycles. The smallest absolute Gasteiger partial charge is 0.241 e. The number of nitrogens with two attached hydrogens (primary N) is 1. The largest absolute Gasteiger partial charge is 0.378 e. The van der Waals surface area contributed by atoms with E-state index in [0.29, 0.717) is 6.42 Å². The first-order valence-electron chi connectivity index (χ1n) is 6.94. The molecule has 0 radical (unpaired) electrons. The zero-order chi connectivity index (χ0) is 15.2. The molecule has 4 heteroatoms. The summed E-state index contributed by atoms with van der Waals surface area (Å²) in [7, 11) is 3.95. The SMILES string of the molecule is CN(C)c1ccc(NC(=O)[C@H](N)Cc2ccccc2)cc1. The number of rotatable bonds is 5. The number of carbonyl (C=O) groups excluding carboxylic acids is 1. The van der Waals surface area contributed by atoms with Crippen LogP contribution in [0.3, 0.4) is 0 Å². The molecule has 0 aliphatic heterocycles. The normalized spacial score (nSPS) is 11.8. The molecule has 0 bridgehead atoms. The van der Waals surface area contributed by atoms with E-state index in [1.165, 1.54) is 0 Å². The van der Waals surface area contributed by atoms with Gasteiger partial charge in [-0.05, 0) is 36.2 Å². The third kappa shape index (κ3) is 4.33. The maximum absolute atomic E-state index is 12.1. The van der Waals surface area contributed by atoms with Crippen LogP contribution in [-0.4, -0.2) is 26.0 Å². The summed E-state index contributed by atoms with van der Waals surface area (Å²) in [5.41, 5.74) is 8.86. The molecule has 1 atom stereocenters. The van der Waals surface area contributed by atoms with Crippen LogP contribution in [0.25, 0.3) is 0 Å². The van der Waals surface area contributed by atoms with Gasteiger partial charge in [-0.15, -0.1) is 0 Å². The van der Waals surface area contributed by atoms with Gasteiger partial charge in [0, 0.05) is 25.5 Å². The van der Waals surface area contributed by atoms with Crippen molar-refractivity contribution < 1.29 is 4.79 Å². The summed E-state index contributed by atoms with van der Waals surface area (Å²) in [5.74, 6) is -0.170. The molecule has 0 fully saturated rings. The van der Waals surface area contributed by atoms with Gasteiger partial charge in [0.05, 0.1) is 6.04 Å². The van der Waals surface area contributed by atoms with Gasteiger partial charge >= 0.3 is 0 Å². The van der Waals surface area contributed by atoms with Gasteiger partial charge in [-0.2, -0.15) is 0 Å². The van der Waals surface area contributed by atoms with Gasteiger partial charge in [-0.25, -0.2) is 0 Å². The Morgan fingerprint density at radius 2 is 1.71 bits per heavy atom. The first-order chi connectivity index (χ1) is 10.1. The minimum Gasteiger partial charge on any atom is -0.378 e. The zero-order valence-corrected chi connectivity index (χ0v) is 12.4. The number of carbonyl (C=O) groups is 1. The lowest BCUT2D eigenvalue weighted by molar-refractivity contribution is -0.117. The predicted octanol–water partition coefficient (Wildman–Crippen LogP) is 2.26. The molecule has 110 valence electrons. The number of nitrogens with one attached hydrogen (secondary N) is 1. The van der Waals surface area contributed by atoms with E-state index in [9.17, 15) is 4.79 Å². The summed E-state index contributed by atoms with van der Waals surface area (Å²) >= 11 is 0. The highest BCUT2D eigenvalue weighted by Crippen LogP contribution is 2.16. The fourth-order valence-electron chi connectivity index (χ4n) is 2.04. The molecule has 0 heterocycles. The Morgan fingerprint density at radius 1 is 1.10 bits per heavy atom. The molecule has 0 unspecified atom stereocenters. The molecule has 4 nitrogen and oxygen atoms in total. The van der Waals surface area contributed by atoms with Crippen molar-refractivity contribution in [1.82, 2.24) is 0 Å². The van der Waals surface area contributed by atoms with Crippen LogP contribution >= 0.6 is 0 Å². The quantitative estimate of drug-likeness (QED) is 0.885. The highest BCUT2D eigenvalue weighted by atomic mass is 16.2. The molecule has 2 aromatic carbocycles. The van der Waals surface area contributed by atoms with Crippen LogP contribution in [0.2, 0.25) is 0 Å². The summed E-state index contributed by atoms with van der Waals surface area (Å²) in [4.78, 5) is 14.1. The van der Waals surface area contributed by atoms with Crippen molar-refractivity contribution >= 4 is 17.3 Å². The Morgan fingerprint density at radius 3 is 2.29 bits per heavy atom. The van der Waals surface area contributed by atoms with Crippen LogP contribution in [0.5, 0.6) is 0 Å². The van der Waals surface area contributed by atoms with E-state index in [2.05, 4.69) is 5.32 Å². The Hall–Kier alpha value is -2.33. The fraction of sp³-hybridized carbons (Fsp3) is 0.235. The summed E-state index contributed by atoms with van der Waals surface area (Å²) in [5, 5.41) is 2.85. The van der Waals surface area contributed by atoms with E-state index in [1.54, 1.807) is 0 Å². The highest BCUT2D eigenvalue weighted by molar-refractivity contribution is 5.95. The molecule has 0 spiro atoms. The Balaban J connectivity index is 1.94. The summed E-state index contributed by atoms with van der Waals surface area (Å²) < 4.78 is 0. The lowest BCUT2D eigenvalue weighted by atomic mass is 10.1. The van der Waals surface area contributed by atoms with E-state index in [1.807, 2.05) is 73.6 Å². The second-order valence-corrected chi connectivity index (χ2v) is 5.23. The number of benzene rings is 2. The Bertz CT molecular complexity index is 579. The van der Waals surface area contributed by atoms with Crippen LogP contribution < -0.4 is 16.0 Å². The van der Waals surface area contributed by atoms with Crippen LogP contribution in [0.4, 0.5) is 11.4 Å². The first-order valence-corrected chi connectivity index (χ1v) is 6.94. The van der Waals surface area contributed by atoms with E-state index in [-0.39, 0.29) is 5.91 Å². The van der Waals surface area contributed by atoms with Crippen molar-refractivity contribution in [3.8, 4) is 0 Å². The Kier molecular flexibility index (Phi) is 4.95. The molecule has 1 amide bonds. The molecule has 2 aromatic rings. The molecule has 21 heavy (non-hydrogen) atoms. The van der Waals surface area contributed by atoms with Gasteiger partial charge in [0.15, 0.2) is 0 Å². The van der Waals surface area contributed by atoms with Crippen LogP contribution in [0.1, 0.15) is 5.56 Å². The standard InChI is InChI=1S/C17H21N3O/c1-20(2)15-10-8-14(9-11-15)19-17(21)16(18)12-13-6-4-3-5-7-13/h3-11,16H,12,18H2,1-2H3,(H,19,21)/t16-/m1/s1. The molecule has 0 aliphatic rings.